The van der Waals surface area contributed by atoms with Crippen molar-refractivity contribution < 1.29 is 9.90 Å². The molecule has 3 heteroatoms. The highest BCUT2D eigenvalue weighted by Gasteiger charge is 2.29. The van der Waals surface area contributed by atoms with Crippen LogP contribution < -0.4 is 0 Å². The number of rotatable bonds is 5. The van der Waals surface area contributed by atoms with Gasteiger partial charge in [-0.3, -0.25) is 4.79 Å². The predicted molar refractivity (Wildman–Crippen MR) is 74.2 cm³/mol. The van der Waals surface area contributed by atoms with Crippen LogP contribution in [0.25, 0.3) is 0 Å². The lowest BCUT2D eigenvalue weighted by Crippen LogP contribution is -2.40. The zero-order chi connectivity index (χ0) is 13.9. The van der Waals surface area contributed by atoms with Crippen LogP contribution in [0.4, 0.5) is 0 Å². The first kappa shape index (κ1) is 15.5. The van der Waals surface area contributed by atoms with Crippen molar-refractivity contribution in [2.45, 2.75) is 59.5 Å². The van der Waals surface area contributed by atoms with Gasteiger partial charge in [0.2, 0.25) is 5.91 Å². The Hall–Kier alpha value is -0.570. The van der Waals surface area contributed by atoms with Crippen LogP contribution in [0.2, 0.25) is 0 Å². The van der Waals surface area contributed by atoms with Crippen LogP contribution in [-0.4, -0.2) is 35.6 Å². The van der Waals surface area contributed by atoms with Crippen LogP contribution in [0.5, 0.6) is 0 Å². The molecule has 1 rings (SSSR count). The third-order valence-corrected chi connectivity index (χ3v) is 3.65. The molecule has 1 unspecified atom stereocenters. The summed E-state index contributed by atoms with van der Waals surface area (Å²) < 4.78 is 0. The van der Waals surface area contributed by atoms with Gasteiger partial charge < -0.3 is 10.0 Å². The van der Waals surface area contributed by atoms with E-state index in [1.54, 1.807) is 0 Å². The number of aliphatic hydroxyl groups is 1. The van der Waals surface area contributed by atoms with Gasteiger partial charge in [0.25, 0.3) is 0 Å². The van der Waals surface area contributed by atoms with Gasteiger partial charge in [-0.15, -0.1) is 0 Å². The maximum Gasteiger partial charge on any atom is 0.222 e. The zero-order valence-corrected chi connectivity index (χ0v) is 12.6. The summed E-state index contributed by atoms with van der Waals surface area (Å²) in [6.45, 7) is 9.61. The third-order valence-electron chi connectivity index (χ3n) is 3.65. The lowest BCUT2D eigenvalue weighted by atomic mass is 9.82. The molecule has 1 saturated carbocycles. The highest BCUT2D eigenvalue weighted by Crippen LogP contribution is 2.29. The van der Waals surface area contributed by atoms with Crippen molar-refractivity contribution in [3.05, 3.63) is 0 Å². The van der Waals surface area contributed by atoms with Gasteiger partial charge in [-0.25, -0.2) is 0 Å². The van der Waals surface area contributed by atoms with Gasteiger partial charge >= 0.3 is 0 Å². The molecule has 1 N–H and O–H groups in total. The van der Waals surface area contributed by atoms with E-state index in [9.17, 15) is 9.90 Å². The Bertz CT molecular complexity index is 277. The van der Waals surface area contributed by atoms with E-state index in [0.717, 1.165) is 25.8 Å². The van der Waals surface area contributed by atoms with Crippen molar-refractivity contribution in [1.29, 1.82) is 0 Å². The average Bonchev–Trinajstić information content (AvgIpc) is 2.11. The lowest BCUT2D eigenvalue weighted by molar-refractivity contribution is -0.132. The summed E-state index contributed by atoms with van der Waals surface area (Å²) in [4.78, 5) is 13.9. The minimum absolute atomic E-state index is 0.127. The Kier molecular flexibility index (Phi) is 5.20. The van der Waals surface area contributed by atoms with Gasteiger partial charge in [0.1, 0.15) is 0 Å². The maximum atomic E-state index is 12.1. The highest BCUT2D eigenvalue weighted by molar-refractivity contribution is 5.76. The van der Waals surface area contributed by atoms with Crippen LogP contribution in [0.3, 0.4) is 0 Å². The van der Waals surface area contributed by atoms with E-state index in [1.165, 1.54) is 0 Å². The second-order valence-electron chi connectivity index (χ2n) is 7.34. The van der Waals surface area contributed by atoms with Crippen molar-refractivity contribution in [1.82, 2.24) is 4.90 Å². The smallest absolute Gasteiger partial charge is 0.222 e. The second kappa shape index (κ2) is 6.05. The monoisotopic (exact) mass is 255 g/mol. The molecule has 0 bridgehead atoms. The fourth-order valence-corrected chi connectivity index (χ4v) is 2.91. The summed E-state index contributed by atoms with van der Waals surface area (Å²) in [6.07, 6.45) is 3.31. The Morgan fingerprint density at radius 2 is 1.94 bits per heavy atom. The standard InChI is InChI=1S/C15H29NO2/c1-11(9-15(2,3)4)6-14(18)16(5)10-12-7-13(17)8-12/h11-13,17H,6-10H2,1-5H3. The summed E-state index contributed by atoms with van der Waals surface area (Å²) in [5, 5.41) is 9.24. The number of nitrogens with zero attached hydrogens (tertiary/aromatic N) is 1. The summed E-state index contributed by atoms with van der Waals surface area (Å²) in [7, 11) is 1.89. The number of amides is 1. The lowest BCUT2D eigenvalue weighted by Gasteiger charge is -2.35. The molecule has 0 spiro atoms. The number of carbonyl (C=O) groups excluding carboxylic acids is 1. The van der Waals surface area contributed by atoms with Gasteiger partial charge in [-0.1, -0.05) is 27.7 Å². The fourth-order valence-electron chi connectivity index (χ4n) is 2.91. The van der Waals surface area contributed by atoms with E-state index in [1.807, 2.05) is 11.9 Å². The van der Waals surface area contributed by atoms with Crippen LogP contribution in [-0.2, 0) is 4.79 Å². The van der Waals surface area contributed by atoms with E-state index >= 15 is 0 Å². The molecule has 0 aromatic carbocycles. The quantitative estimate of drug-likeness (QED) is 0.820. The SMILES string of the molecule is CC(CC(=O)N(C)CC1CC(O)C1)CC(C)(C)C. The fraction of sp³-hybridized carbons (Fsp3) is 0.933. The van der Waals surface area contributed by atoms with Crippen molar-refractivity contribution in [3.63, 3.8) is 0 Å². The first-order valence-electron chi connectivity index (χ1n) is 7.09. The Morgan fingerprint density at radius 3 is 2.39 bits per heavy atom. The van der Waals surface area contributed by atoms with Gasteiger partial charge in [0, 0.05) is 20.0 Å². The minimum Gasteiger partial charge on any atom is -0.393 e. The molecule has 0 aromatic heterocycles. The molecular weight excluding hydrogens is 226 g/mol. The third kappa shape index (κ3) is 5.38. The number of aliphatic hydroxyl groups excluding tert-OH is 1. The number of hydrogen-bond donors (Lipinski definition) is 1. The minimum atomic E-state index is -0.127. The van der Waals surface area contributed by atoms with Gasteiger partial charge in [0.05, 0.1) is 6.10 Å². The predicted octanol–water partition coefficient (Wildman–Crippen LogP) is 2.68. The van der Waals surface area contributed by atoms with Crippen molar-refractivity contribution in [2.75, 3.05) is 13.6 Å². The molecule has 1 atom stereocenters. The molecule has 0 heterocycles. The molecule has 106 valence electrons. The molecule has 0 aromatic rings. The summed E-state index contributed by atoms with van der Waals surface area (Å²) in [5.41, 5.74) is 0.288. The molecule has 1 aliphatic carbocycles. The first-order valence-corrected chi connectivity index (χ1v) is 7.09. The van der Waals surface area contributed by atoms with Crippen molar-refractivity contribution in [2.24, 2.45) is 17.3 Å². The van der Waals surface area contributed by atoms with Gasteiger partial charge in [-0.2, -0.15) is 0 Å². The van der Waals surface area contributed by atoms with Crippen LogP contribution in [0.1, 0.15) is 53.4 Å². The molecule has 0 saturated heterocycles. The maximum absolute atomic E-state index is 12.1. The molecule has 18 heavy (non-hydrogen) atoms. The molecule has 1 aliphatic rings. The van der Waals surface area contributed by atoms with Gasteiger partial charge in [-0.05, 0) is 36.5 Å². The van der Waals surface area contributed by atoms with Crippen molar-refractivity contribution in [3.8, 4) is 0 Å². The molecule has 0 aliphatic heterocycles. The first-order chi connectivity index (χ1) is 8.17. The van der Waals surface area contributed by atoms with E-state index in [4.69, 9.17) is 0 Å². The second-order valence-corrected chi connectivity index (χ2v) is 7.34. The normalized spacial score (nSPS) is 25.4. The van der Waals surface area contributed by atoms with E-state index in [-0.39, 0.29) is 17.4 Å². The van der Waals surface area contributed by atoms with E-state index in [0.29, 0.717) is 18.3 Å². The van der Waals surface area contributed by atoms with Crippen LogP contribution in [0, 0.1) is 17.3 Å². The Balaban J connectivity index is 2.26. The topological polar surface area (TPSA) is 40.5 Å². The molecule has 0 radical (unpaired) electrons. The van der Waals surface area contributed by atoms with Crippen LogP contribution in [0.15, 0.2) is 0 Å². The number of carbonyl (C=O) groups is 1. The van der Waals surface area contributed by atoms with E-state index in [2.05, 4.69) is 27.7 Å². The molecular formula is C15H29NO2. The van der Waals surface area contributed by atoms with Gasteiger partial charge in [0.15, 0.2) is 0 Å². The molecule has 3 nitrogen and oxygen atoms in total. The Morgan fingerprint density at radius 1 is 1.39 bits per heavy atom. The van der Waals surface area contributed by atoms with E-state index < -0.39 is 0 Å². The molecule has 1 amide bonds. The zero-order valence-electron chi connectivity index (χ0n) is 12.6. The summed E-state index contributed by atoms with van der Waals surface area (Å²) in [6, 6.07) is 0. The largest absolute Gasteiger partial charge is 0.393 e. The molecule has 1 fully saturated rings. The van der Waals surface area contributed by atoms with Crippen molar-refractivity contribution >= 4 is 5.91 Å². The summed E-state index contributed by atoms with van der Waals surface area (Å²) >= 11 is 0. The average molecular weight is 255 g/mol. The highest BCUT2D eigenvalue weighted by atomic mass is 16.3. The summed E-state index contributed by atoms with van der Waals surface area (Å²) in [5.74, 6) is 1.19. The van der Waals surface area contributed by atoms with Crippen LogP contribution >= 0.6 is 0 Å². The number of hydrogen-bond acceptors (Lipinski definition) is 2. The Labute approximate surface area is 112 Å².